The van der Waals surface area contributed by atoms with Crippen LogP contribution in [0.1, 0.15) is 108 Å². The van der Waals surface area contributed by atoms with E-state index in [0.717, 1.165) is 62.4 Å². The second kappa shape index (κ2) is 13.2. The molecule has 0 spiro atoms. The van der Waals surface area contributed by atoms with E-state index in [-0.39, 0.29) is 11.7 Å². The van der Waals surface area contributed by atoms with Gasteiger partial charge in [0.05, 0.1) is 12.4 Å². The number of rotatable bonds is 10. The molecule has 0 amide bonds. The van der Waals surface area contributed by atoms with Gasteiger partial charge in [-0.2, -0.15) is 0 Å². The summed E-state index contributed by atoms with van der Waals surface area (Å²) in [6.07, 6.45) is 17.4. The first-order valence-corrected chi connectivity index (χ1v) is 14.5. The van der Waals surface area contributed by atoms with Gasteiger partial charge in [-0.05, 0) is 81.3 Å². The quantitative estimate of drug-likeness (QED) is 0.306. The van der Waals surface area contributed by atoms with Gasteiger partial charge in [-0.15, -0.1) is 0 Å². The van der Waals surface area contributed by atoms with Gasteiger partial charge < -0.3 is 4.74 Å². The van der Waals surface area contributed by atoms with Crippen LogP contribution >= 0.6 is 0 Å². The molecule has 3 aliphatic carbocycles. The Morgan fingerprint density at radius 3 is 2.09 bits per heavy atom. The standard InChI is InChI=1S/C31H47F2NO/c1-3-35-23(2)18-26-14-17-31(29(19-26)28-16-15-27(32)20-30(28)33)34(21-24-10-6-4-7-11-24)22-25-12-8-5-9-13-25/h15-16,20,24-26,29,31H,2-14,17-19,21-22H2,1H3/t26-,29-,31+/m0/s1. The first-order chi connectivity index (χ1) is 17.0. The highest BCUT2D eigenvalue weighted by Gasteiger charge is 2.38. The Bertz CT molecular complexity index is 779. The van der Waals surface area contributed by atoms with Crippen LogP contribution in [-0.2, 0) is 4.74 Å². The molecule has 0 N–H and O–H groups in total. The lowest BCUT2D eigenvalue weighted by molar-refractivity contribution is 0.0644. The maximum Gasteiger partial charge on any atom is 0.129 e. The Hall–Kier alpha value is -1.42. The van der Waals surface area contributed by atoms with Crippen LogP contribution in [0.25, 0.3) is 0 Å². The average Bonchev–Trinajstić information content (AvgIpc) is 2.85. The number of hydrogen-bond acceptors (Lipinski definition) is 2. The van der Waals surface area contributed by atoms with Gasteiger partial charge in [0.25, 0.3) is 0 Å². The summed E-state index contributed by atoms with van der Waals surface area (Å²) in [4.78, 5) is 2.78. The molecule has 0 heterocycles. The molecule has 196 valence electrons. The smallest absolute Gasteiger partial charge is 0.129 e. The Labute approximate surface area is 212 Å². The molecule has 3 fully saturated rings. The fourth-order valence-electron chi connectivity index (χ4n) is 7.33. The van der Waals surface area contributed by atoms with Crippen molar-refractivity contribution in [3.63, 3.8) is 0 Å². The van der Waals surface area contributed by atoms with Crippen molar-refractivity contribution in [1.29, 1.82) is 0 Å². The molecule has 0 aliphatic heterocycles. The zero-order chi connectivity index (χ0) is 24.6. The number of benzene rings is 1. The van der Waals surface area contributed by atoms with Crippen LogP contribution in [-0.4, -0.2) is 30.6 Å². The highest BCUT2D eigenvalue weighted by Crippen LogP contribution is 2.43. The van der Waals surface area contributed by atoms with E-state index in [0.29, 0.717) is 24.1 Å². The molecule has 0 aromatic heterocycles. The number of hydrogen-bond donors (Lipinski definition) is 0. The monoisotopic (exact) mass is 487 g/mol. The van der Waals surface area contributed by atoms with Crippen LogP contribution in [0.3, 0.4) is 0 Å². The minimum absolute atomic E-state index is 0.0935. The summed E-state index contributed by atoms with van der Waals surface area (Å²) in [5.74, 6) is 2.04. The molecule has 1 aromatic rings. The van der Waals surface area contributed by atoms with E-state index in [9.17, 15) is 4.39 Å². The normalized spacial score (nSPS) is 26.7. The zero-order valence-electron chi connectivity index (χ0n) is 22.0. The largest absolute Gasteiger partial charge is 0.499 e. The summed E-state index contributed by atoms with van der Waals surface area (Å²) in [5, 5.41) is 0. The third kappa shape index (κ3) is 7.54. The van der Waals surface area contributed by atoms with E-state index < -0.39 is 5.82 Å². The van der Waals surface area contributed by atoms with Crippen molar-refractivity contribution in [1.82, 2.24) is 4.90 Å². The van der Waals surface area contributed by atoms with Crippen molar-refractivity contribution in [2.75, 3.05) is 19.7 Å². The van der Waals surface area contributed by atoms with Gasteiger partial charge in [-0.3, -0.25) is 4.90 Å². The van der Waals surface area contributed by atoms with Crippen LogP contribution in [0.5, 0.6) is 0 Å². The molecule has 0 bridgehead atoms. The highest BCUT2D eigenvalue weighted by molar-refractivity contribution is 5.25. The molecule has 3 saturated carbocycles. The third-order valence-electron chi connectivity index (χ3n) is 9.05. The maximum absolute atomic E-state index is 15.2. The van der Waals surface area contributed by atoms with Crippen molar-refractivity contribution in [3.05, 3.63) is 47.7 Å². The van der Waals surface area contributed by atoms with Gasteiger partial charge in [0.15, 0.2) is 0 Å². The number of allylic oxidation sites excluding steroid dienone is 1. The lowest BCUT2D eigenvalue weighted by atomic mass is 9.72. The second-order valence-electron chi connectivity index (χ2n) is 11.7. The van der Waals surface area contributed by atoms with E-state index in [1.54, 1.807) is 6.07 Å². The molecule has 0 radical (unpaired) electrons. The SMILES string of the molecule is C=C(C[C@@H]1CC[C@@H](N(CC2CCCCC2)CC2CCCCC2)[C@H](c2ccc(F)cc2F)C1)OCC. The van der Waals surface area contributed by atoms with Crippen molar-refractivity contribution in [3.8, 4) is 0 Å². The van der Waals surface area contributed by atoms with Crippen LogP contribution < -0.4 is 0 Å². The van der Waals surface area contributed by atoms with Gasteiger partial charge in [0, 0.05) is 37.5 Å². The minimum Gasteiger partial charge on any atom is -0.499 e. The fraction of sp³-hybridized carbons (Fsp3) is 0.742. The Balaban J connectivity index is 1.57. The molecule has 3 aliphatic rings. The van der Waals surface area contributed by atoms with Crippen molar-refractivity contribution in [2.24, 2.45) is 17.8 Å². The van der Waals surface area contributed by atoms with E-state index in [4.69, 9.17) is 4.74 Å². The predicted molar refractivity (Wildman–Crippen MR) is 140 cm³/mol. The summed E-state index contributed by atoms with van der Waals surface area (Å²) < 4.78 is 34.7. The molecule has 2 nitrogen and oxygen atoms in total. The summed E-state index contributed by atoms with van der Waals surface area (Å²) in [5.41, 5.74) is 0.709. The Morgan fingerprint density at radius 2 is 1.51 bits per heavy atom. The van der Waals surface area contributed by atoms with E-state index in [2.05, 4.69) is 11.5 Å². The molecule has 4 heteroatoms. The van der Waals surface area contributed by atoms with Gasteiger partial charge >= 0.3 is 0 Å². The fourth-order valence-corrected chi connectivity index (χ4v) is 7.33. The molecule has 35 heavy (non-hydrogen) atoms. The summed E-state index contributed by atoms with van der Waals surface area (Å²) in [6.45, 7) is 9.05. The van der Waals surface area contributed by atoms with Crippen molar-refractivity contribution in [2.45, 2.75) is 109 Å². The lowest BCUT2D eigenvalue weighted by Gasteiger charge is -2.46. The number of nitrogens with zero attached hydrogens (tertiary/aromatic N) is 1. The number of ether oxygens (including phenoxy) is 1. The highest BCUT2D eigenvalue weighted by atomic mass is 19.1. The van der Waals surface area contributed by atoms with E-state index >= 15 is 4.39 Å². The molecular weight excluding hydrogens is 440 g/mol. The number of halogens is 2. The van der Waals surface area contributed by atoms with Gasteiger partial charge in [0.1, 0.15) is 11.6 Å². The van der Waals surface area contributed by atoms with Gasteiger partial charge in [0.2, 0.25) is 0 Å². The third-order valence-corrected chi connectivity index (χ3v) is 9.05. The first-order valence-electron chi connectivity index (χ1n) is 14.5. The second-order valence-corrected chi connectivity index (χ2v) is 11.7. The van der Waals surface area contributed by atoms with Crippen molar-refractivity contribution < 1.29 is 13.5 Å². The zero-order valence-corrected chi connectivity index (χ0v) is 22.0. The molecule has 4 rings (SSSR count). The average molecular weight is 488 g/mol. The summed E-state index contributed by atoms with van der Waals surface area (Å²) in [7, 11) is 0. The van der Waals surface area contributed by atoms with Crippen LogP contribution in [0.15, 0.2) is 30.5 Å². The summed E-state index contributed by atoms with van der Waals surface area (Å²) >= 11 is 0. The van der Waals surface area contributed by atoms with Crippen molar-refractivity contribution >= 4 is 0 Å². The minimum atomic E-state index is -0.485. The summed E-state index contributed by atoms with van der Waals surface area (Å²) in [6, 6.07) is 4.59. The van der Waals surface area contributed by atoms with Gasteiger partial charge in [-0.25, -0.2) is 8.78 Å². The van der Waals surface area contributed by atoms with Crippen LogP contribution in [0, 0.1) is 29.4 Å². The molecule has 0 unspecified atom stereocenters. The first kappa shape index (κ1) is 26.6. The van der Waals surface area contributed by atoms with Crippen LogP contribution in [0.4, 0.5) is 8.78 Å². The molecule has 1 aromatic carbocycles. The maximum atomic E-state index is 15.2. The van der Waals surface area contributed by atoms with Gasteiger partial charge in [-0.1, -0.05) is 51.2 Å². The Kier molecular flexibility index (Phi) is 10.1. The lowest BCUT2D eigenvalue weighted by Crippen LogP contribution is -2.47. The topological polar surface area (TPSA) is 12.5 Å². The van der Waals surface area contributed by atoms with Crippen LogP contribution in [0.2, 0.25) is 0 Å². The molecular formula is C31H47F2NO. The molecule has 3 atom stereocenters. The predicted octanol–water partition coefficient (Wildman–Crippen LogP) is 8.62. The molecule has 0 saturated heterocycles. The van der Waals surface area contributed by atoms with E-state index in [1.807, 2.05) is 6.92 Å². The van der Waals surface area contributed by atoms with E-state index in [1.165, 1.54) is 70.3 Å². The Morgan fingerprint density at radius 1 is 0.886 bits per heavy atom.